The first-order chi connectivity index (χ1) is 10.5. The largest absolute Gasteiger partial charge is 0.480 e. The molecule has 2 unspecified atom stereocenters. The molecule has 0 aliphatic carbocycles. The maximum absolute atomic E-state index is 12.0. The van der Waals surface area contributed by atoms with Crippen molar-refractivity contribution < 1.29 is 19.5 Å². The van der Waals surface area contributed by atoms with E-state index < -0.39 is 12.0 Å². The van der Waals surface area contributed by atoms with Crippen LogP contribution in [0.2, 0.25) is 0 Å². The molecule has 1 aromatic rings. The third kappa shape index (κ3) is 4.21. The lowest BCUT2D eigenvalue weighted by atomic mass is 10.1. The van der Waals surface area contributed by atoms with Gasteiger partial charge in [-0.15, -0.1) is 0 Å². The lowest BCUT2D eigenvalue weighted by Gasteiger charge is -2.18. The topological polar surface area (TPSA) is 125 Å². The second-order valence-electron chi connectivity index (χ2n) is 5.26. The molecule has 2 atom stereocenters. The quantitative estimate of drug-likeness (QED) is 0.503. The first-order valence-electron chi connectivity index (χ1n) is 7.02. The van der Waals surface area contributed by atoms with E-state index in [4.69, 9.17) is 5.11 Å². The molecule has 22 heavy (non-hydrogen) atoms. The highest BCUT2D eigenvalue weighted by Crippen LogP contribution is 2.08. The molecule has 2 rings (SSSR count). The molecule has 9 heteroatoms. The molecule has 0 spiro atoms. The van der Waals surface area contributed by atoms with Crippen molar-refractivity contribution in [2.45, 2.75) is 38.3 Å². The number of hydrogen-bond donors (Lipinski definition) is 4. The van der Waals surface area contributed by atoms with Crippen LogP contribution in [-0.2, 0) is 20.8 Å². The number of nitrogens with one attached hydrogen (secondary N) is 3. The molecule has 0 saturated carbocycles. The summed E-state index contributed by atoms with van der Waals surface area (Å²) in [6, 6.07) is -0.642. The Morgan fingerprint density at radius 1 is 1.59 bits per heavy atom. The Morgan fingerprint density at radius 2 is 2.36 bits per heavy atom. The SMILES string of the molecule is CC(Cc1cncn1NCC(=O)O)NC(=O)C1CCC(=O)N1. The van der Waals surface area contributed by atoms with Gasteiger partial charge < -0.3 is 21.2 Å². The normalized spacial score (nSPS) is 18.6. The lowest BCUT2D eigenvalue weighted by molar-refractivity contribution is -0.135. The molecule has 0 bridgehead atoms. The van der Waals surface area contributed by atoms with E-state index in [1.807, 2.05) is 6.92 Å². The number of carboxylic acids is 1. The average Bonchev–Trinajstić information content (AvgIpc) is 3.05. The predicted octanol–water partition coefficient (Wildman–Crippen LogP) is -1.16. The Bertz CT molecular complexity index is 571. The summed E-state index contributed by atoms with van der Waals surface area (Å²) in [5.41, 5.74) is 3.45. The van der Waals surface area contributed by atoms with Gasteiger partial charge in [-0.1, -0.05) is 0 Å². The summed E-state index contributed by atoms with van der Waals surface area (Å²) >= 11 is 0. The summed E-state index contributed by atoms with van der Waals surface area (Å²) in [4.78, 5) is 37.6. The van der Waals surface area contributed by atoms with Crippen LogP contribution in [0.15, 0.2) is 12.5 Å². The molecule has 1 aliphatic rings. The van der Waals surface area contributed by atoms with Crippen LogP contribution < -0.4 is 16.1 Å². The molecule has 120 valence electrons. The zero-order valence-corrected chi connectivity index (χ0v) is 12.2. The van der Waals surface area contributed by atoms with Gasteiger partial charge in [0.2, 0.25) is 11.8 Å². The summed E-state index contributed by atoms with van der Waals surface area (Å²) < 4.78 is 1.52. The van der Waals surface area contributed by atoms with E-state index in [-0.39, 0.29) is 24.4 Å². The van der Waals surface area contributed by atoms with Gasteiger partial charge in [-0.2, -0.15) is 0 Å². The molecule has 1 fully saturated rings. The Kier molecular flexibility index (Phi) is 4.97. The third-order valence-electron chi connectivity index (χ3n) is 3.33. The number of carboxylic acid groups (broad SMARTS) is 1. The number of amides is 2. The van der Waals surface area contributed by atoms with E-state index in [1.165, 1.54) is 11.0 Å². The van der Waals surface area contributed by atoms with Crippen molar-refractivity contribution in [2.24, 2.45) is 0 Å². The fraction of sp³-hybridized carbons (Fsp3) is 0.538. The van der Waals surface area contributed by atoms with E-state index in [0.29, 0.717) is 19.3 Å². The van der Waals surface area contributed by atoms with Crippen molar-refractivity contribution in [3.05, 3.63) is 18.2 Å². The number of carbonyl (C=O) groups is 3. The van der Waals surface area contributed by atoms with Crippen LogP contribution in [0.1, 0.15) is 25.5 Å². The molecule has 1 aromatic heterocycles. The molecule has 9 nitrogen and oxygen atoms in total. The number of carbonyl (C=O) groups excluding carboxylic acids is 2. The van der Waals surface area contributed by atoms with Crippen LogP contribution in [0.5, 0.6) is 0 Å². The van der Waals surface area contributed by atoms with Crippen molar-refractivity contribution >= 4 is 17.8 Å². The van der Waals surface area contributed by atoms with Crippen LogP contribution in [0.4, 0.5) is 0 Å². The molecular formula is C13H19N5O4. The Morgan fingerprint density at radius 3 is 3.00 bits per heavy atom. The standard InChI is InChI=1S/C13H19N5O4/c1-8(16-13(22)10-2-3-11(19)17-10)4-9-5-14-7-18(9)15-6-12(20)21/h5,7-8,10,15H,2-4,6H2,1H3,(H,16,22)(H,17,19)(H,20,21). The fourth-order valence-electron chi connectivity index (χ4n) is 2.29. The minimum atomic E-state index is -0.974. The second kappa shape index (κ2) is 6.92. The van der Waals surface area contributed by atoms with Crippen LogP contribution in [-0.4, -0.2) is 51.2 Å². The van der Waals surface area contributed by atoms with Gasteiger partial charge in [-0.3, -0.25) is 19.1 Å². The van der Waals surface area contributed by atoms with Gasteiger partial charge in [0.05, 0.1) is 11.9 Å². The number of hydrogen-bond acceptors (Lipinski definition) is 5. The van der Waals surface area contributed by atoms with Crippen molar-refractivity contribution in [2.75, 3.05) is 12.0 Å². The van der Waals surface area contributed by atoms with Gasteiger partial charge in [-0.05, 0) is 13.3 Å². The minimum absolute atomic E-state index is 0.108. The molecular weight excluding hydrogens is 290 g/mol. The summed E-state index contributed by atoms with van der Waals surface area (Å²) in [6.07, 6.45) is 4.45. The van der Waals surface area contributed by atoms with Crippen LogP contribution in [0, 0.1) is 0 Å². The lowest BCUT2D eigenvalue weighted by Crippen LogP contribution is -2.45. The van der Waals surface area contributed by atoms with Gasteiger partial charge in [0.25, 0.3) is 0 Å². The monoisotopic (exact) mass is 309 g/mol. The van der Waals surface area contributed by atoms with Crippen molar-refractivity contribution in [1.29, 1.82) is 0 Å². The highest BCUT2D eigenvalue weighted by molar-refractivity contribution is 5.90. The van der Waals surface area contributed by atoms with E-state index in [1.54, 1.807) is 6.20 Å². The van der Waals surface area contributed by atoms with Crippen molar-refractivity contribution in [1.82, 2.24) is 20.3 Å². The van der Waals surface area contributed by atoms with Crippen molar-refractivity contribution in [3.8, 4) is 0 Å². The van der Waals surface area contributed by atoms with Crippen molar-refractivity contribution in [3.63, 3.8) is 0 Å². The molecule has 0 aromatic carbocycles. The third-order valence-corrected chi connectivity index (χ3v) is 3.33. The number of aromatic nitrogens is 2. The number of imidazole rings is 1. The zero-order valence-electron chi connectivity index (χ0n) is 12.2. The molecule has 2 heterocycles. The molecule has 0 radical (unpaired) electrons. The Labute approximate surface area is 127 Å². The highest BCUT2D eigenvalue weighted by Gasteiger charge is 2.27. The first-order valence-corrected chi connectivity index (χ1v) is 7.02. The van der Waals surface area contributed by atoms with E-state index in [2.05, 4.69) is 21.0 Å². The Balaban J connectivity index is 1.85. The maximum atomic E-state index is 12.0. The van der Waals surface area contributed by atoms with E-state index in [9.17, 15) is 14.4 Å². The fourth-order valence-corrected chi connectivity index (χ4v) is 2.29. The minimum Gasteiger partial charge on any atom is -0.480 e. The summed E-state index contributed by atoms with van der Waals surface area (Å²) in [6.45, 7) is 1.61. The molecule has 1 saturated heterocycles. The first kappa shape index (κ1) is 15.8. The molecule has 4 N–H and O–H groups in total. The van der Waals surface area contributed by atoms with Gasteiger partial charge in [0, 0.05) is 18.9 Å². The number of aliphatic carboxylic acids is 1. The maximum Gasteiger partial charge on any atom is 0.324 e. The van der Waals surface area contributed by atoms with Crippen LogP contribution >= 0.6 is 0 Å². The van der Waals surface area contributed by atoms with Gasteiger partial charge in [-0.25, -0.2) is 4.98 Å². The van der Waals surface area contributed by atoms with Crippen LogP contribution in [0.3, 0.4) is 0 Å². The van der Waals surface area contributed by atoms with Crippen LogP contribution in [0.25, 0.3) is 0 Å². The molecule has 1 aliphatic heterocycles. The zero-order chi connectivity index (χ0) is 16.1. The summed E-state index contributed by atoms with van der Waals surface area (Å²) in [5, 5.41) is 14.1. The highest BCUT2D eigenvalue weighted by atomic mass is 16.4. The molecule has 2 amide bonds. The average molecular weight is 309 g/mol. The second-order valence-corrected chi connectivity index (χ2v) is 5.26. The van der Waals surface area contributed by atoms with Gasteiger partial charge in [0.1, 0.15) is 18.9 Å². The van der Waals surface area contributed by atoms with Gasteiger partial charge in [0.15, 0.2) is 0 Å². The smallest absolute Gasteiger partial charge is 0.324 e. The van der Waals surface area contributed by atoms with Gasteiger partial charge >= 0.3 is 5.97 Å². The summed E-state index contributed by atoms with van der Waals surface area (Å²) in [7, 11) is 0. The Hall–Kier alpha value is -2.58. The van der Waals surface area contributed by atoms with E-state index >= 15 is 0 Å². The number of rotatable bonds is 7. The predicted molar refractivity (Wildman–Crippen MR) is 76.6 cm³/mol. The number of nitrogens with zero attached hydrogens (tertiary/aromatic N) is 2. The van der Waals surface area contributed by atoms with E-state index in [0.717, 1.165) is 5.69 Å². The summed E-state index contributed by atoms with van der Waals surface area (Å²) in [5.74, 6) is -1.29.